The fourth-order valence-electron chi connectivity index (χ4n) is 2.28. The molecule has 4 nitrogen and oxygen atoms in total. The van der Waals surface area contributed by atoms with Gasteiger partial charge in [-0.2, -0.15) is 0 Å². The molecule has 0 aliphatic carbocycles. The van der Waals surface area contributed by atoms with E-state index in [1.165, 1.54) is 5.56 Å². The monoisotopic (exact) mass is 264 g/mol. The number of nitrogens with zero attached hydrogens (tertiary/aromatic N) is 3. The number of nitrogens with two attached hydrogens (primary N) is 1. The molecule has 3 aromatic rings. The number of hydrogen-bond acceptors (Lipinski definition) is 3. The summed E-state index contributed by atoms with van der Waals surface area (Å²) in [5, 5.41) is 8.45. The van der Waals surface area contributed by atoms with Crippen molar-refractivity contribution < 1.29 is 0 Å². The van der Waals surface area contributed by atoms with Crippen molar-refractivity contribution in [3.63, 3.8) is 0 Å². The lowest BCUT2D eigenvalue weighted by Gasteiger charge is -2.08. The molecule has 0 spiro atoms. The van der Waals surface area contributed by atoms with Crippen molar-refractivity contribution >= 4 is 0 Å². The first-order valence-electron chi connectivity index (χ1n) is 6.56. The van der Waals surface area contributed by atoms with Gasteiger partial charge in [0, 0.05) is 12.1 Å². The average Bonchev–Trinajstić information content (AvgIpc) is 2.92. The van der Waals surface area contributed by atoms with Gasteiger partial charge in [0.15, 0.2) is 0 Å². The largest absolute Gasteiger partial charge is 0.325 e. The number of rotatable bonds is 3. The van der Waals surface area contributed by atoms with E-state index in [1.54, 1.807) is 0 Å². The number of hydrogen-bond donors (Lipinski definition) is 1. The Morgan fingerprint density at radius 1 is 1.05 bits per heavy atom. The fraction of sp³-hybridized carbons (Fsp3) is 0.125. The van der Waals surface area contributed by atoms with Crippen molar-refractivity contribution in [2.24, 2.45) is 5.73 Å². The van der Waals surface area contributed by atoms with E-state index in [0.29, 0.717) is 6.54 Å². The molecule has 2 aromatic carbocycles. The highest BCUT2D eigenvalue weighted by molar-refractivity contribution is 5.65. The van der Waals surface area contributed by atoms with Gasteiger partial charge in [-0.15, -0.1) is 5.10 Å². The summed E-state index contributed by atoms with van der Waals surface area (Å²) in [6.45, 7) is 2.44. The van der Waals surface area contributed by atoms with Crippen LogP contribution < -0.4 is 5.73 Å². The van der Waals surface area contributed by atoms with Gasteiger partial charge in [-0.25, -0.2) is 4.68 Å². The quantitative estimate of drug-likeness (QED) is 0.791. The van der Waals surface area contributed by atoms with Crippen molar-refractivity contribution in [3.05, 3.63) is 65.9 Å². The maximum absolute atomic E-state index is 5.80. The summed E-state index contributed by atoms with van der Waals surface area (Å²) in [5.41, 5.74) is 10.8. The summed E-state index contributed by atoms with van der Waals surface area (Å²) in [4.78, 5) is 0. The van der Waals surface area contributed by atoms with Gasteiger partial charge in [0.1, 0.15) is 5.69 Å². The smallest absolute Gasteiger partial charge is 0.105 e. The SMILES string of the molecule is Cc1cccc(-c2c(CN)nnn2-c2ccccc2)c1. The summed E-state index contributed by atoms with van der Waals surface area (Å²) in [6, 6.07) is 18.3. The highest BCUT2D eigenvalue weighted by Crippen LogP contribution is 2.25. The molecule has 2 N–H and O–H groups in total. The first-order chi connectivity index (χ1) is 9.79. The third-order valence-corrected chi connectivity index (χ3v) is 3.23. The molecule has 20 heavy (non-hydrogen) atoms. The molecule has 1 heterocycles. The minimum atomic E-state index is 0.371. The van der Waals surface area contributed by atoms with Gasteiger partial charge < -0.3 is 5.73 Å². The number of aromatic nitrogens is 3. The second-order valence-corrected chi connectivity index (χ2v) is 4.71. The van der Waals surface area contributed by atoms with Crippen molar-refractivity contribution in [1.82, 2.24) is 15.0 Å². The van der Waals surface area contributed by atoms with E-state index in [4.69, 9.17) is 5.73 Å². The molecular formula is C16H16N4. The normalized spacial score (nSPS) is 10.7. The first-order valence-corrected chi connectivity index (χ1v) is 6.56. The standard InChI is InChI=1S/C16H16N4/c1-12-6-5-7-13(10-12)16-15(11-17)18-19-20(16)14-8-3-2-4-9-14/h2-10H,11,17H2,1H3. The van der Waals surface area contributed by atoms with Crippen LogP contribution >= 0.6 is 0 Å². The Balaban J connectivity index is 2.21. The average molecular weight is 264 g/mol. The Hall–Kier alpha value is -2.46. The molecule has 0 saturated heterocycles. The minimum absolute atomic E-state index is 0.371. The molecule has 0 saturated carbocycles. The Labute approximate surface area is 117 Å². The van der Waals surface area contributed by atoms with Crippen molar-refractivity contribution in [2.45, 2.75) is 13.5 Å². The van der Waals surface area contributed by atoms with Crippen LogP contribution in [0, 0.1) is 6.92 Å². The second kappa shape index (κ2) is 5.27. The van der Waals surface area contributed by atoms with Crippen LogP contribution in [0.1, 0.15) is 11.3 Å². The molecule has 0 fully saturated rings. The van der Waals surface area contributed by atoms with E-state index >= 15 is 0 Å². The molecule has 3 rings (SSSR count). The van der Waals surface area contributed by atoms with Gasteiger partial charge in [-0.1, -0.05) is 47.2 Å². The van der Waals surface area contributed by atoms with Gasteiger partial charge in [-0.3, -0.25) is 0 Å². The van der Waals surface area contributed by atoms with Crippen LogP contribution in [-0.2, 0) is 6.54 Å². The Morgan fingerprint density at radius 3 is 2.55 bits per heavy atom. The lowest BCUT2D eigenvalue weighted by atomic mass is 10.1. The van der Waals surface area contributed by atoms with E-state index < -0.39 is 0 Å². The van der Waals surface area contributed by atoms with Gasteiger partial charge in [0.05, 0.1) is 11.4 Å². The third kappa shape index (κ3) is 2.21. The molecular weight excluding hydrogens is 248 g/mol. The summed E-state index contributed by atoms with van der Waals surface area (Å²) < 4.78 is 1.84. The molecule has 0 radical (unpaired) electrons. The molecule has 1 aromatic heterocycles. The maximum atomic E-state index is 5.80. The summed E-state index contributed by atoms with van der Waals surface area (Å²) >= 11 is 0. The van der Waals surface area contributed by atoms with E-state index in [0.717, 1.165) is 22.6 Å². The van der Waals surface area contributed by atoms with E-state index in [1.807, 2.05) is 41.1 Å². The fourth-order valence-corrected chi connectivity index (χ4v) is 2.28. The molecule has 0 bridgehead atoms. The summed E-state index contributed by atoms with van der Waals surface area (Å²) in [5.74, 6) is 0. The Bertz CT molecular complexity index is 716. The molecule has 100 valence electrons. The second-order valence-electron chi connectivity index (χ2n) is 4.71. The van der Waals surface area contributed by atoms with Crippen molar-refractivity contribution in [3.8, 4) is 16.9 Å². The number of aryl methyl sites for hydroxylation is 1. The lowest BCUT2D eigenvalue weighted by molar-refractivity contribution is 0.800. The van der Waals surface area contributed by atoms with Crippen LogP contribution in [0.5, 0.6) is 0 Å². The van der Waals surface area contributed by atoms with Crippen molar-refractivity contribution in [2.75, 3.05) is 0 Å². The van der Waals surface area contributed by atoms with Crippen LogP contribution in [0.3, 0.4) is 0 Å². The maximum Gasteiger partial charge on any atom is 0.105 e. The van der Waals surface area contributed by atoms with Crippen LogP contribution in [0.15, 0.2) is 54.6 Å². The highest BCUT2D eigenvalue weighted by Gasteiger charge is 2.15. The Kier molecular flexibility index (Phi) is 3.31. The molecule has 4 heteroatoms. The minimum Gasteiger partial charge on any atom is -0.325 e. The lowest BCUT2D eigenvalue weighted by Crippen LogP contribution is -2.02. The van der Waals surface area contributed by atoms with E-state index in [2.05, 4.69) is 35.4 Å². The van der Waals surface area contributed by atoms with E-state index in [-0.39, 0.29) is 0 Å². The van der Waals surface area contributed by atoms with Crippen LogP contribution in [0.2, 0.25) is 0 Å². The van der Waals surface area contributed by atoms with Gasteiger partial charge in [0.25, 0.3) is 0 Å². The van der Waals surface area contributed by atoms with Crippen LogP contribution in [0.25, 0.3) is 16.9 Å². The van der Waals surface area contributed by atoms with Gasteiger partial charge in [-0.05, 0) is 25.1 Å². The van der Waals surface area contributed by atoms with Gasteiger partial charge >= 0.3 is 0 Å². The highest BCUT2D eigenvalue weighted by atomic mass is 15.4. The zero-order chi connectivity index (χ0) is 13.9. The Morgan fingerprint density at radius 2 is 1.85 bits per heavy atom. The molecule has 0 aliphatic heterocycles. The number of para-hydroxylation sites is 1. The van der Waals surface area contributed by atoms with Crippen molar-refractivity contribution in [1.29, 1.82) is 0 Å². The molecule has 0 aliphatic rings. The predicted molar refractivity (Wildman–Crippen MR) is 79.4 cm³/mol. The summed E-state index contributed by atoms with van der Waals surface area (Å²) in [7, 11) is 0. The van der Waals surface area contributed by atoms with Crippen LogP contribution in [-0.4, -0.2) is 15.0 Å². The summed E-state index contributed by atoms with van der Waals surface area (Å²) in [6.07, 6.45) is 0. The predicted octanol–water partition coefficient (Wildman–Crippen LogP) is 2.70. The zero-order valence-corrected chi connectivity index (χ0v) is 11.3. The van der Waals surface area contributed by atoms with Crippen LogP contribution in [0.4, 0.5) is 0 Å². The number of benzene rings is 2. The molecule has 0 unspecified atom stereocenters. The zero-order valence-electron chi connectivity index (χ0n) is 11.3. The molecule has 0 atom stereocenters. The first kappa shape index (κ1) is 12.6. The van der Waals surface area contributed by atoms with E-state index in [9.17, 15) is 0 Å². The molecule has 0 amide bonds. The topological polar surface area (TPSA) is 56.7 Å². The van der Waals surface area contributed by atoms with Gasteiger partial charge in [0.2, 0.25) is 0 Å². The third-order valence-electron chi connectivity index (χ3n) is 3.23.